The van der Waals surface area contributed by atoms with Gasteiger partial charge in [-0.15, -0.1) is 0 Å². The highest BCUT2D eigenvalue weighted by Gasteiger charge is 2.17. The third-order valence-corrected chi connectivity index (χ3v) is 3.09. The lowest BCUT2D eigenvalue weighted by molar-refractivity contribution is 0.0885. The number of rotatable bonds is 2. The fourth-order valence-electron chi connectivity index (χ4n) is 2.22. The van der Waals surface area contributed by atoms with Gasteiger partial charge in [-0.1, -0.05) is 30.3 Å². The van der Waals surface area contributed by atoms with Gasteiger partial charge in [-0.25, -0.2) is 0 Å². The monoisotopic (exact) mass is 241 g/mol. The fourth-order valence-corrected chi connectivity index (χ4v) is 2.22. The van der Waals surface area contributed by atoms with Crippen molar-refractivity contribution in [2.75, 3.05) is 6.73 Å². The van der Waals surface area contributed by atoms with Crippen molar-refractivity contribution in [1.29, 1.82) is 0 Å². The molecule has 18 heavy (non-hydrogen) atoms. The lowest BCUT2D eigenvalue weighted by Gasteiger charge is -2.29. The van der Waals surface area contributed by atoms with Crippen LogP contribution in [0, 0.1) is 0 Å². The Hall–Kier alpha value is -2.00. The van der Waals surface area contributed by atoms with Gasteiger partial charge < -0.3 is 9.84 Å². The lowest BCUT2D eigenvalue weighted by Crippen LogP contribution is -2.31. The maximum atomic E-state index is 9.49. The van der Waals surface area contributed by atoms with Gasteiger partial charge in [-0.2, -0.15) is 0 Å². The van der Waals surface area contributed by atoms with Crippen LogP contribution in [0.15, 0.2) is 48.5 Å². The van der Waals surface area contributed by atoms with Crippen molar-refractivity contribution < 1.29 is 9.84 Å². The summed E-state index contributed by atoms with van der Waals surface area (Å²) in [5.41, 5.74) is 2.31. The topological polar surface area (TPSA) is 32.7 Å². The van der Waals surface area contributed by atoms with Gasteiger partial charge in [-0.05, 0) is 23.8 Å². The summed E-state index contributed by atoms with van der Waals surface area (Å²) in [6, 6.07) is 15.6. The Bertz CT molecular complexity index is 539. The molecule has 3 heteroatoms. The fraction of sp³-hybridized carbons (Fsp3) is 0.200. The van der Waals surface area contributed by atoms with Crippen LogP contribution in [0.5, 0.6) is 11.5 Å². The molecule has 2 aromatic carbocycles. The van der Waals surface area contributed by atoms with Crippen LogP contribution in [0.4, 0.5) is 0 Å². The highest BCUT2D eigenvalue weighted by Crippen LogP contribution is 2.28. The average Bonchev–Trinajstić information content (AvgIpc) is 2.39. The number of phenolic OH excluding ortho intramolecular Hbond substituents is 1. The number of fused-ring (bicyclic) bond motifs is 1. The van der Waals surface area contributed by atoms with Crippen LogP contribution in [0.3, 0.4) is 0 Å². The summed E-state index contributed by atoms with van der Waals surface area (Å²) in [6.07, 6.45) is 0. The van der Waals surface area contributed by atoms with Crippen LogP contribution >= 0.6 is 0 Å². The molecule has 1 aliphatic rings. The van der Waals surface area contributed by atoms with E-state index >= 15 is 0 Å². The predicted molar refractivity (Wildman–Crippen MR) is 69.3 cm³/mol. The molecule has 1 N–H and O–H groups in total. The Morgan fingerprint density at radius 1 is 1.11 bits per heavy atom. The minimum Gasteiger partial charge on any atom is -0.508 e. The van der Waals surface area contributed by atoms with E-state index in [0.717, 1.165) is 24.4 Å². The van der Waals surface area contributed by atoms with Crippen molar-refractivity contribution in [2.24, 2.45) is 0 Å². The summed E-state index contributed by atoms with van der Waals surface area (Å²) in [4.78, 5) is 2.21. The van der Waals surface area contributed by atoms with Gasteiger partial charge in [0.2, 0.25) is 0 Å². The first kappa shape index (κ1) is 11.1. The van der Waals surface area contributed by atoms with E-state index in [2.05, 4.69) is 17.0 Å². The van der Waals surface area contributed by atoms with E-state index in [4.69, 9.17) is 4.74 Å². The van der Waals surface area contributed by atoms with E-state index in [1.807, 2.05) is 24.3 Å². The van der Waals surface area contributed by atoms with Gasteiger partial charge in [0.1, 0.15) is 18.2 Å². The quantitative estimate of drug-likeness (QED) is 0.877. The van der Waals surface area contributed by atoms with Crippen LogP contribution in [0.1, 0.15) is 11.1 Å². The number of nitrogens with zero attached hydrogens (tertiary/aromatic N) is 1. The van der Waals surface area contributed by atoms with Crippen molar-refractivity contribution >= 4 is 0 Å². The maximum absolute atomic E-state index is 9.49. The molecule has 0 aliphatic carbocycles. The molecule has 3 rings (SSSR count). The summed E-state index contributed by atoms with van der Waals surface area (Å²) >= 11 is 0. The molecule has 0 spiro atoms. The number of phenols is 1. The zero-order chi connectivity index (χ0) is 12.4. The van der Waals surface area contributed by atoms with Gasteiger partial charge in [0.25, 0.3) is 0 Å². The average molecular weight is 241 g/mol. The molecule has 2 aromatic rings. The first-order valence-corrected chi connectivity index (χ1v) is 6.02. The molecule has 0 bridgehead atoms. The van der Waals surface area contributed by atoms with Crippen molar-refractivity contribution in [3.8, 4) is 11.5 Å². The summed E-state index contributed by atoms with van der Waals surface area (Å²) < 4.78 is 5.68. The number of benzene rings is 2. The lowest BCUT2D eigenvalue weighted by atomic mass is 10.1. The SMILES string of the molecule is Oc1ccc2c(c1)CN(Cc1ccccc1)CO2. The van der Waals surface area contributed by atoms with Gasteiger partial charge >= 0.3 is 0 Å². The number of hydrogen-bond acceptors (Lipinski definition) is 3. The van der Waals surface area contributed by atoms with Crippen LogP contribution < -0.4 is 4.74 Å². The first-order chi connectivity index (χ1) is 8.81. The van der Waals surface area contributed by atoms with E-state index in [0.29, 0.717) is 12.5 Å². The molecule has 0 unspecified atom stereocenters. The predicted octanol–water partition coefficient (Wildman–Crippen LogP) is 2.74. The van der Waals surface area contributed by atoms with Gasteiger partial charge in [0, 0.05) is 18.7 Å². The maximum Gasteiger partial charge on any atom is 0.142 e. The van der Waals surface area contributed by atoms with Crippen LogP contribution in [0.2, 0.25) is 0 Å². The second kappa shape index (κ2) is 4.70. The molecule has 0 fully saturated rings. The molecule has 0 amide bonds. The van der Waals surface area contributed by atoms with Gasteiger partial charge in [0.15, 0.2) is 0 Å². The number of ether oxygens (including phenoxy) is 1. The standard InChI is InChI=1S/C15H15NO2/c17-14-6-7-15-13(8-14)10-16(11-18-15)9-12-4-2-1-3-5-12/h1-8,17H,9-11H2. The van der Waals surface area contributed by atoms with Crippen LogP contribution in [0.25, 0.3) is 0 Å². The molecule has 3 nitrogen and oxygen atoms in total. The molecular weight excluding hydrogens is 226 g/mol. The third-order valence-electron chi connectivity index (χ3n) is 3.09. The van der Waals surface area contributed by atoms with E-state index in [9.17, 15) is 5.11 Å². The second-order valence-electron chi connectivity index (χ2n) is 4.54. The minimum absolute atomic E-state index is 0.291. The molecule has 1 heterocycles. The zero-order valence-electron chi connectivity index (χ0n) is 10.0. The van der Waals surface area contributed by atoms with Crippen molar-refractivity contribution in [1.82, 2.24) is 4.90 Å². The Labute approximate surface area is 106 Å². The highest BCUT2D eigenvalue weighted by atomic mass is 16.5. The van der Waals surface area contributed by atoms with Crippen LogP contribution in [-0.4, -0.2) is 16.7 Å². The molecule has 92 valence electrons. The van der Waals surface area contributed by atoms with E-state index < -0.39 is 0 Å². The first-order valence-electron chi connectivity index (χ1n) is 6.02. The zero-order valence-corrected chi connectivity index (χ0v) is 10.0. The largest absolute Gasteiger partial charge is 0.508 e. The molecule has 1 aliphatic heterocycles. The Kier molecular flexibility index (Phi) is 2.90. The highest BCUT2D eigenvalue weighted by molar-refractivity contribution is 5.40. The summed E-state index contributed by atoms with van der Waals surface area (Å²) in [6.45, 7) is 2.25. The Morgan fingerprint density at radius 3 is 2.78 bits per heavy atom. The Morgan fingerprint density at radius 2 is 1.94 bits per heavy atom. The summed E-state index contributed by atoms with van der Waals surface area (Å²) in [5.74, 6) is 1.16. The second-order valence-corrected chi connectivity index (χ2v) is 4.54. The smallest absolute Gasteiger partial charge is 0.142 e. The molecule has 0 atom stereocenters. The summed E-state index contributed by atoms with van der Waals surface area (Å²) in [5, 5.41) is 9.49. The third kappa shape index (κ3) is 2.31. The minimum atomic E-state index is 0.291. The van der Waals surface area contributed by atoms with Gasteiger partial charge in [-0.3, -0.25) is 4.90 Å². The van der Waals surface area contributed by atoms with E-state index in [-0.39, 0.29) is 0 Å². The van der Waals surface area contributed by atoms with E-state index in [1.165, 1.54) is 5.56 Å². The molecule has 0 aromatic heterocycles. The summed E-state index contributed by atoms with van der Waals surface area (Å²) in [7, 11) is 0. The van der Waals surface area contributed by atoms with Crippen LogP contribution in [-0.2, 0) is 13.1 Å². The number of hydrogen-bond donors (Lipinski definition) is 1. The molecule has 0 saturated carbocycles. The van der Waals surface area contributed by atoms with Gasteiger partial charge in [0.05, 0.1) is 0 Å². The Balaban J connectivity index is 1.75. The normalized spacial score (nSPS) is 14.9. The van der Waals surface area contributed by atoms with Crippen molar-refractivity contribution in [3.05, 3.63) is 59.7 Å². The van der Waals surface area contributed by atoms with Crippen molar-refractivity contribution in [2.45, 2.75) is 13.1 Å². The van der Waals surface area contributed by atoms with Crippen molar-refractivity contribution in [3.63, 3.8) is 0 Å². The van der Waals surface area contributed by atoms with E-state index in [1.54, 1.807) is 12.1 Å². The molecule has 0 saturated heterocycles. The molecular formula is C15H15NO2. The molecule has 0 radical (unpaired) electrons. The number of aromatic hydroxyl groups is 1.